The first-order valence-corrected chi connectivity index (χ1v) is 11.0. The Kier molecular flexibility index (Phi) is 5.66. The molecule has 0 bridgehead atoms. The van der Waals surface area contributed by atoms with Crippen LogP contribution >= 0.6 is 0 Å². The highest BCUT2D eigenvalue weighted by Crippen LogP contribution is 2.36. The van der Waals surface area contributed by atoms with Crippen molar-refractivity contribution >= 4 is 23.4 Å². The molecule has 2 aromatic heterocycles. The fourth-order valence-electron chi connectivity index (χ4n) is 4.26. The fraction of sp³-hybridized carbons (Fsp3) is 0.154. The van der Waals surface area contributed by atoms with Gasteiger partial charge in [-0.05, 0) is 41.8 Å². The van der Waals surface area contributed by atoms with Crippen LogP contribution in [0.4, 0.5) is 17.5 Å². The van der Waals surface area contributed by atoms with Crippen LogP contribution in [-0.2, 0) is 24.7 Å². The summed E-state index contributed by atoms with van der Waals surface area (Å²) < 4.78 is 1.68. The second-order valence-electron chi connectivity index (χ2n) is 8.11. The maximum Gasteiger partial charge on any atom is 0.231 e. The quantitative estimate of drug-likeness (QED) is 0.483. The summed E-state index contributed by atoms with van der Waals surface area (Å²) >= 11 is 0. The van der Waals surface area contributed by atoms with Gasteiger partial charge in [-0.15, -0.1) is 0 Å². The molecule has 0 unspecified atom stereocenters. The Morgan fingerprint density at radius 1 is 1.09 bits per heavy atom. The lowest BCUT2D eigenvalue weighted by atomic mass is 10.0. The van der Waals surface area contributed by atoms with Gasteiger partial charge in [-0.3, -0.25) is 9.48 Å². The van der Waals surface area contributed by atoms with Gasteiger partial charge in [-0.25, -0.2) is 9.97 Å². The van der Waals surface area contributed by atoms with E-state index in [0.29, 0.717) is 47.0 Å². The molecule has 1 N–H and O–H groups in total. The van der Waals surface area contributed by atoms with Gasteiger partial charge in [0, 0.05) is 31.4 Å². The fourth-order valence-corrected chi connectivity index (χ4v) is 4.26. The number of carbonyl (C=O) groups excluding carboxylic acids is 1. The first-order chi connectivity index (χ1) is 17.1. The number of rotatable bonds is 5. The third-order valence-electron chi connectivity index (χ3n) is 5.98. The second kappa shape index (κ2) is 9.08. The van der Waals surface area contributed by atoms with Crippen molar-refractivity contribution in [3.05, 3.63) is 83.2 Å². The van der Waals surface area contributed by atoms with Crippen molar-refractivity contribution in [2.24, 2.45) is 7.05 Å². The van der Waals surface area contributed by atoms with Gasteiger partial charge in [0.15, 0.2) is 0 Å². The molecule has 4 aromatic rings. The van der Waals surface area contributed by atoms with E-state index in [1.54, 1.807) is 52.3 Å². The smallest absolute Gasteiger partial charge is 0.231 e. The van der Waals surface area contributed by atoms with Crippen LogP contribution in [-0.4, -0.2) is 32.2 Å². The Balaban J connectivity index is 1.44. The number of carbonyl (C=O) groups is 1. The second-order valence-corrected chi connectivity index (χ2v) is 8.11. The number of anilines is 3. The minimum atomic E-state index is -0.139. The first kappa shape index (κ1) is 21.8. The number of nitrogens with one attached hydrogen (secondary N) is 1. The zero-order chi connectivity index (χ0) is 24.4. The van der Waals surface area contributed by atoms with Gasteiger partial charge in [0.2, 0.25) is 11.9 Å². The molecule has 0 saturated heterocycles. The molecule has 9 heteroatoms. The SMILES string of the molecule is Cn1nccc1Nc1nccc(-c2cc(C#N)c3c(c2)CCN3C(=O)Cc2ccccc2C#N)n1. The normalized spacial score (nSPS) is 12.0. The Hall–Kier alpha value is -5.02. The maximum atomic E-state index is 13.2. The molecule has 3 heterocycles. The van der Waals surface area contributed by atoms with Gasteiger partial charge in [-0.2, -0.15) is 15.6 Å². The molecular weight excluding hydrogens is 440 g/mol. The molecule has 1 amide bonds. The van der Waals surface area contributed by atoms with Crippen molar-refractivity contribution in [2.45, 2.75) is 12.8 Å². The number of fused-ring (bicyclic) bond motifs is 1. The predicted octanol–water partition coefficient (Wildman–Crippen LogP) is 3.50. The van der Waals surface area contributed by atoms with Crippen LogP contribution in [0.2, 0.25) is 0 Å². The van der Waals surface area contributed by atoms with Crippen molar-refractivity contribution < 1.29 is 4.79 Å². The van der Waals surface area contributed by atoms with E-state index >= 15 is 0 Å². The average Bonchev–Trinajstić information content (AvgIpc) is 3.50. The monoisotopic (exact) mass is 460 g/mol. The average molecular weight is 461 g/mol. The summed E-state index contributed by atoms with van der Waals surface area (Å²) in [6, 6.07) is 18.8. The van der Waals surface area contributed by atoms with E-state index in [4.69, 9.17) is 0 Å². The third-order valence-corrected chi connectivity index (χ3v) is 5.98. The summed E-state index contributed by atoms with van der Waals surface area (Å²) in [4.78, 5) is 23.7. The summed E-state index contributed by atoms with van der Waals surface area (Å²) in [7, 11) is 1.82. The topological polar surface area (TPSA) is 124 Å². The van der Waals surface area contributed by atoms with Gasteiger partial charge < -0.3 is 10.2 Å². The Labute approximate surface area is 201 Å². The summed E-state index contributed by atoms with van der Waals surface area (Å²) in [6.07, 6.45) is 4.07. The van der Waals surface area contributed by atoms with Crippen molar-refractivity contribution in [2.75, 3.05) is 16.8 Å². The number of hydrogen-bond donors (Lipinski definition) is 1. The molecule has 0 aliphatic carbocycles. The lowest BCUT2D eigenvalue weighted by Crippen LogP contribution is -2.31. The van der Waals surface area contributed by atoms with Crippen LogP contribution in [0.15, 0.2) is 60.9 Å². The highest BCUT2D eigenvalue weighted by molar-refractivity contribution is 5.99. The number of benzene rings is 2. The molecule has 0 spiro atoms. The lowest BCUT2D eigenvalue weighted by molar-refractivity contribution is -0.117. The molecule has 1 aliphatic heterocycles. The van der Waals surface area contributed by atoms with Crippen molar-refractivity contribution in [1.82, 2.24) is 19.7 Å². The molecule has 170 valence electrons. The van der Waals surface area contributed by atoms with Crippen LogP contribution < -0.4 is 10.2 Å². The number of nitriles is 2. The highest BCUT2D eigenvalue weighted by Gasteiger charge is 2.29. The van der Waals surface area contributed by atoms with E-state index in [-0.39, 0.29) is 12.3 Å². The van der Waals surface area contributed by atoms with Crippen LogP contribution in [0.3, 0.4) is 0 Å². The number of amides is 1. The minimum Gasteiger partial charge on any atom is -0.310 e. The molecule has 1 aliphatic rings. The van der Waals surface area contributed by atoms with Crippen LogP contribution in [0, 0.1) is 22.7 Å². The molecule has 0 saturated carbocycles. The Morgan fingerprint density at radius 3 is 2.69 bits per heavy atom. The van der Waals surface area contributed by atoms with Gasteiger partial charge in [0.25, 0.3) is 0 Å². The summed E-state index contributed by atoms with van der Waals surface area (Å²) in [5, 5.41) is 26.5. The number of aromatic nitrogens is 4. The molecule has 0 radical (unpaired) electrons. The van der Waals surface area contributed by atoms with E-state index in [9.17, 15) is 15.3 Å². The standard InChI is InChI=1S/C26H20N8O/c1-33-23(7-10-30-33)32-26-29-9-6-22(31-26)20-12-18-8-11-34(25(18)21(13-20)16-28)24(35)14-17-4-2-3-5-19(17)15-27/h2-7,9-10,12-13H,8,11,14H2,1H3,(H,29,31,32). The maximum absolute atomic E-state index is 13.2. The van der Waals surface area contributed by atoms with Crippen LogP contribution in [0.25, 0.3) is 11.3 Å². The minimum absolute atomic E-state index is 0.102. The molecule has 5 rings (SSSR count). The van der Waals surface area contributed by atoms with E-state index in [2.05, 4.69) is 32.5 Å². The van der Waals surface area contributed by atoms with Gasteiger partial charge in [0.1, 0.15) is 11.9 Å². The molecule has 0 atom stereocenters. The molecule has 0 fully saturated rings. The van der Waals surface area contributed by atoms with Crippen molar-refractivity contribution in [3.8, 4) is 23.4 Å². The third kappa shape index (κ3) is 4.19. The largest absolute Gasteiger partial charge is 0.310 e. The van der Waals surface area contributed by atoms with Crippen LogP contribution in [0.1, 0.15) is 22.3 Å². The molecule has 35 heavy (non-hydrogen) atoms. The summed E-state index contributed by atoms with van der Waals surface area (Å²) in [5.74, 6) is 1.03. The number of hydrogen-bond acceptors (Lipinski definition) is 7. The number of nitrogens with zero attached hydrogens (tertiary/aromatic N) is 7. The van der Waals surface area contributed by atoms with Gasteiger partial charge >= 0.3 is 0 Å². The molecule has 9 nitrogen and oxygen atoms in total. The predicted molar refractivity (Wildman–Crippen MR) is 130 cm³/mol. The first-order valence-electron chi connectivity index (χ1n) is 11.0. The summed E-state index contributed by atoms with van der Waals surface area (Å²) in [5.41, 5.74) is 4.57. The van der Waals surface area contributed by atoms with E-state index < -0.39 is 0 Å². The van der Waals surface area contributed by atoms with E-state index in [0.717, 1.165) is 16.9 Å². The van der Waals surface area contributed by atoms with E-state index in [1.807, 2.05) is 25.2 Å². The van der Waals surface area contributed by atoms with Crippen molar-refractivity contribution in [3.63, 3.8) is 0 Å². The lowest BCUT2D eigenvalue weighted by Gasteiger charge is -2.19. The molecular formula is C26H20N8O. The zero-order valence-electron chi connectivity index (χ0n) is 18.9. The Morgan fingerprint density at radius 2 is 1.91 bits per heavy atom. The summed E-state index contributed by atoms with van der Waals surface area (Å²) in [6.45, 7) is 0.484. The van der Waals surface area contributed by atoms with Gasteiger partial charge in [0.05, 0.1) is 41.2 Å². The highest BCUT2D eigenvalue weighted by atomic mass is 16.2. The Bertz CT molecular complexity index is 1530. The van der Waals surface area contributed by atoms with Crippen molar-refractivity contribution in [1.29, 1.82) is 10.5 Å². The zero-order valence-corrected chi connectivity index (χ0v) is 18.9. The molecule has 2 aromatic carbocycles. The van der Waals surface area contributed by atoms with Crippen LogP contribution in [0.5, 0.6) is 0 Å². The van der Waals surface area contributed by atoms with E-state index in [1.165, 1.54) is 0 Å². The van der Waals surface area contributed by atoms with Gasteiger partial charge in [-0.1, -0.05) is 18.2 Å². The number of aryl methyl sites for hydroxylation is 1.